The average molecular weight is 295 g/mol. The van der Waals surface area contributed by atoms with Gasteiger partial charge < -0.3 is 16.0 Å². The number of hydrogen-bond donors (Lipinski definition) is 2. The molecule has 1 heterocycles. The minimum atomic E-state index is 0.0302. The number of likely N-dealkylation sites (tertiary alicyclic amines) is 1. The minimum absolute atomic E-state index is 0.0302. The predicted octanol–water partition coefficient (Wildman–Crippen LogP) is 2.13. The van der Waals surface area contributed by atoms with Crippen molar-refractivity contribution in [2.75, 3.05) is 19.6 Å². The Kier molecular flexibility index (Phi) is 6.49. The summed E-state index contributed by atoms with van der Waals surface area (Å²) in [4.78, 5) is 14.8. The first-order chi connectivity index (χ1) is 10.1. The van der Waals surface area contributed by atoms with Gasteiger partial charge in [-0.05, 0) is 57.9 Å². The fourth-order valence-electron chi connectivity index (χ4n) is 3.82. The van der Waals surface area contributed by atoms with Gasteiger partial charge in [0, 0.05) is 25.2 Å². The fraction of sp³-hybridized carbons (Fsp3) is 0.941. The molecule has 21 heavy (non-hydrogen) atoms. The van der Waals surface area contributed by atoms with Gasteiger partial charge >= 0.3 is 0 Å². The van der Waals surface area contributed by atoms with Crippen molar-refractivity contribution in [3.8, 4) is 0 Å². The third kappa shape index (κ3) is 4.96. The summed E-state index contributed by atoms with van der Waals surface area (Å²) < 4.78 is 0. The Hall–Kier alpha value is -0.610. The molecule has 3 N–H and O–H groups in total. The number of rotatable bonds is 5. The van der Waals surface area contributed by atoms with E-state index in [4.69, 9.17) is 5.73 Å². The first-order valence-electron chi connectivity index (χ1n) is 8.85. The highest BCUT2D eigenvalue weighted by Crippen LogP contribution is 2.28. The Morgan fingerprint density at radius 2 is 2.05 bits per heavy atom. The van der Waals surface area contributed by atoms with Crippen molar-refractivity contribution in [1.82, 2.24) is 10.2 Å². The third-order valence-electron chi connectivity index (χ3n) is 5.36. The number of nitrogens with two attached hydrogens (primary N) is 1. The molecule has 4 atom stereocenters. The normalized spacial score (nSPS) is 34.6. The van der Waals surface area contributed by atoms with Gasteiger partial charge in [0.15, 0.2) is 0 Å². The monoisotopic (exact) mass is 295 g/mol. The number of amides is 1. The van der Waals surface area contributed by atoms with Crippen LogP contribution in [0.3, 0.4) is 0 Å². The summed E-state index contributed by atoms with van der Waals surface area (Å²) >= 11 is 0. The molecule has 0 aromatic heterocycles. The Bertz CT molecular complexity index is 334. The quantitative estimate of drug-likeness (QED) is 0.764. The number of piperidine rings is 1. The molecule has 0 radical (unpaired) electrons. The Morgan fingerprint density at radius 3 is 2.81 bits per heavy atom. The van der Waals surface area contributed by atoms with Crippen LogP contribution in [0.5, 0.6) is 0 Å². The van der Waals surface area contributed by atoms with Crippen LogP contribution in [0.25, 0.3) is 0 Å². The zero-order valence-electron chi connectivity index (χ0n) is 13.8. The molecule has 2 fully saturated rings. The molecular formula is C17H33N3O. The summed E-state index contributed by atoms with van der Waals surface area (Å²) in [5, 5.41) is 3.11. The van der Waals surface area contributed by atoms with E-state index >= 15 is 0 Å². The largest absolute Gasteiger partial charge is 0.356 e. The van der Waals surface area contributed by atoms with Gasteiger partial charge in [-0.1, -0.05) is 13.3 Å². The van der Waals surface area contributed by atoms with Crippen LogP contribution in [0.15, 0.2) is 0 Å². The van der Waals surface area contributed by atoms with E-state index in [1.165, 1.54) is 25.8 Å². The third-order valence-corrected chi connectivity index (χ3v) is 5.36. The van der Waals surface area contributed by atoms with Crippen molar-refractivity contribution >= 4 is 5.91 Å². The summed E-state index contributed by atoms with van der Waals surface area (Å²) in [5.74, 6) is 0.846. The van der Waals surface area contributed by atoms with Crippen molar-refractivity contribution in [3.05, 3.63) is 0 Å². The van der Waals surface area contributed by atoms with E-state index in [1.807, 2.05) is 0 Å². The van der Waals surface area contributed by atoms with Crippen molar-refractivity contribution in [1.29, 1.82) is 0 Å². The van der Waals surface area contributed by atoms with Crippen LogP contribution in [0.1, 0.15) is 58.8 Å². The van der Waals surface area contributed by atoms with Gasteiger partial charge in [-0.15, -0.1) is 0 Å². The highest BCUT2D eigenvalue weighted by atomic mass is 16.1. The molecule has 4 unspecified atom stereocenters. The lowest BCUT2D eigenvalue weighted by Crippen LogP contribution is -2.46. The predicted molar refractivity (Wildman–Crippen MR) is 87.0 cm³/mol. The van der Waals surface area contributed by atoms with Gasteiger partial charge in [0.1, 0.15) is 0 Å². The van der Waals surface area contributed by atoms with Crippen LogP contribution in [-0.2, 0) is 4.79 Å². The van der Waals surface area contributed by atoms with E-state index < -0.39 is 0 Å². The first-order valence-corrected chi connectivity index (χ1v) is 8.85. The molecule has 0 aromatic rings. The summed E-state index contributed by atoms with van der Waals surface area (Å²) in [7, 11) is 0. The van der Waals surface area contributed by atoms with Crippen LogP contribution in [0.4, 0.5) is 0 Å². The smallest absolute Gasteiger partial charge is 0.224 e. The molecule has 0 spiro atoms. The number of nitrogens with one attached hydrogen (secondary N) is 1. The molecular weight excluding hydrogens is 262 g/mol. The van der Waals surface area contributed by atoms with E-state index in [9.17, 15) is 4.79 Å². The van der Waals surface area contributed by atoms with Crippen LogP contribution in [0.2, 0.25) is 0 Å². The van der Waals surface area contributed by atoms with E-state index in [0.29, 0.717) is 12.0 Å². The summed E-state index contributed by atoms with van der Waals surface area (Å²) in [6, 6.07) is 0.769. The maximum Gasteiger partial charge on any atom is 0.224 e. The minimum Gasteiger partial charge on any atom is -0.356 e. The lowest BCUT2D eigenvalue weighted by atomic mass is 9.79. The van der Waals surface area contributed by atoms with E-state index in [2.05, 4.69) is 24.1 Å². The maximum atomic E-state index is 12.3. The van der Waals surface area contributed by atoms with E-state index in [-0.39, 0.29) is 17.9 Å². The molecule has 1 saturated heterocycles. The van der Waals surface area contributed by atoms with Gasteiger partial charge in [-0.2, -0.15) is 0 Å². The highest BCUT2D eigenvalue weighted by molar-refractivity contribution is 5.79. The van der Waals surface area contributed by atoms with Gasteiger partial charge in [-0.3, -0.25) is 4.79 Å². The molecule has 0 aromatic carbocycles. The zero-order valence-corrected chi connectivity index (χ0v) is 13.8. The van der Waals surface area contributed by atoms with Gasteiger partial charge in [0.2, 0.25) is 5.91 Å². The molecule has 1 aliphatic heterocycles. The number of nitrogens with zero attached hydrogens (tertiary/aromatic N) is 1. The Balaban J connectivity index is 1.64. The SMILES string of the molecule is CC1CCC(N)C(C(=O)NCCCN2CCCCC2C)C1. The first kappa shape index (κ1) is 16.8. The number of carbonyl (C=O) groups is 1. The summed E-state index contributed by atoms with van der Waals surface area (Å²) in [6.45, 7) is 7.67. The molecule has 1 amide bonds. The van der Waals surface area contributed by atoms with Crippen LogP contribution in [0, 0.1) is 11.8 Å². The molecule has 0 bridgehead atoms. The zero-order chi connectivity index (χ0) is 15.2. The summed E-state index contributed by atoms with van der Waals surface area (Å²) in [6.07, 6.45) is 8.17. The van der Waals surface area contributed by atoms with Crippen molar-refractivity contribution in [3.63, 3.8) is 0 Å². The molecule has 122 valence electrons. The maximum absolute atomic E-state index is 12.3. The van der Waals surface area contributed by atoms with E-state index in [1.54, 1.807) is 0 Å². The Labute approximate surface area is 129 Å². The topological polar surface area (TPSA) is 58.4 Å². The average Bonchev–Trinajstić information content (AvgIpc) is 2.47. The van der Waals surface area contributed by atoms with Crippen LogP contribution >= 0.6 is 0 Å². The van der Waals surface area contributed by atoms with Crippen LogP contribution < -0.4 is 11.1 Å². The summed E-state index contributed by atoms with van der Waals surface area (Å²) in [5.41, 5.74) is 6.11. The van der Waals surface area contributed by atoms with Crippen LogP contribution in [-0.4, -0.2) is 42.5 Å². The van der Waals surface area contributed by atoms with Gasteiger partial charge in [-0.25, -0.2) is 0 Å². The fourth-order valence-corrected chi connectivity index (χ4v) is 3.82. The molecule has 4 heteroatoms. The molecule has 2 rings (SSSR count). The molecule has 2 aliphatic rings. The molecule has 4 nitrogen and oxygen atoms in total. The van der Waals surface area contributed by atoms with E-state index in [0.717, 1.165) is 38.8 Å². The molecule has 1 aliphatic carbocycles. The highest BCUT2D eigenvalue weighted by Gasteiger charge is 2.31. The molecule has 1 saturated carbocycles. The van der Waals surface area contributed by atoms with Gasteiger partial charge in [0.25, 0.3) is 0 Å². The van der Waals surface area contributed by atoms with Crippen molar-refractivity contribution < 1.29 is 4.79 Å². The van der Waals surface area contributed by atoms with Crippen molar-refractivity contribution in [2.45, 2.75) is 70.9 Å². The Morgan fingerprint density at radius 1 is 1.24 bits per heavy atom. The lowest BCUT2D eigenvalue weighted by molar-refractivity contribution is -0.126. The second-order valence-electron chi connectivity index (χ2n) is 7.21. The number of carbonyl (C=O) groups excluding carboxylic acids is 1. The second-order valence-corrected chi connectivity index (χ2v) is 7.21. The lowest BCUT2D eigenvalue weighted by Gasteiger charge is -2.33. The standard InChI is InChI=1S/C17H33N3O/c1-13-7-8-16(18)15(12-13)17(21)19-9-5-11-20-10-4-3-6-14(20)2/h13-16H,3-12,18H2,1-2H3,(H,19,21). The van der Waals surface area contributed by atoms with Gasteiger partial charge in [0.05, 0.1) is 5.92 Å². The second kappa shape index (κ2) is 8.14. The number of hydrogen-bond acceptors (Lipinski definition) is 3. The van der Waals surface area contributed by atoms with Crippen molar-refractivity contribution in [2.24, 2.45) is 17.6 Å².